The van der Waals surface area contributed by atoms with Crippen molar-refractivity contribution in [3.8, 4) is 0 Å². The SMILES string of the molecule is CC(C)(C(=O)OCCCCN1C(=O)c2ccccc2C1=O)c1ccccc1. The molecular formula is C22H23NO4. The molecule has 0 atom stereocenters. The molecule has 1 heterocycles. The van der Waals surface area contributed by atoms with Gasteiger partial charge in [0, 0.05) is 6.54 Å². The molecule has 0 bridgehead atoms. The summed E-state index contributed by atoms with van der Waals surface area (Å²) in [6, 6.07) is 16.4. The average molecular weight is 365 g/mol. The second-order valence-corrected chi connectivity index (χ2v) is 7.14. The third-order valence-electron chi connectivity index (χ3n) is 4.89. The van der Waals surface area contributed by atoms with E-state index in [4.69, 9.17) is 4.74 Å². The zero-order chi connectivity index (χ0) is 19.4. The van der Waals surface area contributed by atoms with E-state index in [2.05, 4.69) is 0 Å². The number of esters is 1. The van der Waals surface area contributed by atoms with E-state index in [-0.39, 0.29) is 24.4 Å². The summed E-state index contributed by atoms with van der Waals surface area (Å²) in [5.74, 6) is -0.787. The number of hydrogen-bond acceptors (Lipinski definition) is 4. The molecule has 5 heteroatoms. The largest absolute Gasteiger partial charge is 0.465 e. The lowest BCUT2D eigenvalue weighted by atomic mass is 9.85. The molecule has 0 spiro atoms. The third kappa shape index (κ3) is 3.77. The van der Waals surface area contributed by atoms with Crippen molar-refractivity contribution in [1.29, 1.82) is 0 Å². The molecule has 0 aliphatic carbocycles. The van der Waals surface area contributed by atoms with Crippen molar-refractivity contribution in [2.45, 2.75) is 32.1 Å². The predicted octanol–water partition coefficient (Wildman–Crippen LogP) is 3.58. The highest BCUT2D eigenvalue weighted by Crippen LogP contribution is 2.25. The first-order valence-electron chi connectivity index (χ1n) is 9.11. The second-order valence-electron chi connectivity index (χ2n) is 7.14. The quantitative estimate of drug-likeness (QED) is 0.427. The first kappa shape index (κ1) is 18.8. The summed E-state index contributed by atoms with van der Waals surface area (Å²) in [5.41, 5.74) is 1.10. The number of imide groups is 1. The number of amides is 2. The van der Waals surface area contributed by atoms with Crippen LogP contribution in [0.25, 0.3) is 0 Å². The van der Waals surface area contributed by atoms with Gasteiger partial charge in [0.15, 0.2) is 0 Å². The van der Waals surface area contributed by atoms with Crippen LogP contribution in [0.3, 0.4) is 0 Å². The lowest BCUT2D eigenvalue weighted by Gasteiger charge is -2.23. The van der Waals surface area contributed by atoms with E-state index in [1.165, 1.54) is 4.90 Å². The van der Waals surface area contributed by atoms with Crippen molar-refractivity contribution >= 4 is 17.8 Å². The normalized spacial score (nSPS) is 13.6. The van der Waals surface area contributed by atoms with Crippen LogP contribution in [-0.2, 0) is 14.9 Å². The van der Waals surface area contributed by atoms with Gasteiger partial charge in [0.05, 0.1) is 23.1 Å². The number of fused-ring (bicyclic) bond motifs is 1. The van der Waals surface area contributed by atoms with Crippen molar-refractivity contribution in [2.24, 2.45) is 0 Å². The zero-order valence-corrected chi connectivity index (χ0v) is 15.6. The van der Waals surface area contributed by atoms with Crippen molar-refractivity contribution in [2.75, 3.05) is 13.2 Å². The topological polar surface area (TPSA) is 63.7 Å². The minimum atomic E-state index is -0.718. The molecular weight excluding hydrogens is 342 g/mol. The molecule has 0 saturated heterocycles. The highest BCUT2D eigenvalue weighted by Gasteiger charge is 2.34. The van der Waals surface area contributed by atoms with E-state index in [9.17, 15) is 14.4 Å². The highest BCUT2D eigenvalue weighted by molar-refractivity contribution is 6.21. The van der Waals surface area contributed by atoms with Crippen LogP contribution in [0.4, 0.5) is 0 Å². The van der Waals surface area contributed by atoms with Crippen molar-refractivity contribution in [3.63, 3.8) is 0 Å². The lowest BCUT2D eigenvalue weighted by Crippen LogP contribution is -2.32. The Morgan fingerprint density at radius 1 is 0.889 bits per heavy atom. The van der Waals surface area contributed by atoms with Gasteiger partial charge in [-0.1, -0.05) is 42.5 Å². The summed E-state index contributed by atoms with van der Waals surface area (Å²) in [5, 5.41) is 0. The van der Waals surface area contributed by atoms with Crippen molar-refractivity contribution in [1.82, 2.24) is 4.90 Å². The van der Waals surface area contributed by atoms with E-state index < -0.39 is 5.41 Å². The molecule has 140 valence electrons. The number of nitrogens with zero attached hydrogens (tertiary/aromatic N) is 1. The molecule has 1 aliphatic heterocycles. The molecule has 2 aromatic carbocycles. The predicted molar refractivity (Wildman–Crippen MR) is 101 cm³/mol. The van der Waals surface area contributed by atoms with Crippen LogP contribution in [0.2, 0.25) is 0 Å². The number of carbonyl (C=O) groups excluding carboxylic acids is 3. The zero-order valence-electron chi connectivity index (χ0n) is 15.6. The number of benzene rings is 2. The van der Waals surface area contributed by atoms with E-state index in [0.29, 0.717) is 30.5 Å². The number of rotatable bonds is 7. The molecule has 0 unspecified atom stereocenters. The van der Waals surface area contributed by atoms with Gasteiger partial charge in [-0.05, 0) is 44.4 Å². The molecule has 5 nitrogen and oxygen atoms in total. The molecule has 27 heavy (non-hydrogen) atoms. The minimum absolute atomic E-state index is 0.252. The van der Waals surface area contributed by atoms with Crippen LogP contribution < -0.4 is 0 Å². The monoisotopic (exact) mass is 365 g/mol. The van der Waals surface area contributed by atoms with Crippen LogP contribution in [-0.4, -0.2) is 35.8 Å². The Hall–Kier alpha value is -2.95. The first-order chi connectivity index (χ1) is 12.9. The standard InChI is InChI=1S/C22H23NO4/c1-22(2,16-10-4-3-5-11-16)21(26)27-15-9-8-14-23-19(24)17-12-6-7-13-18(17)20(23)25/h3-7,10-13H,8-9,14-15H2,1-2H3. The molecule has 0 fully saturated rings. The number of carbonyl (C=O) groups is 3. The van der Waals surface area contributed by atoms with Gasteiger partial charge in [-0.2, -0.15) is 0 Å². The molecule has 0 aromatic heterocycles. The second kappa shape index (κ2) is 7.74. The Morgan fingerprint density at radius 2 is 1.44 bits per heavy atom. The molecule has 0 saturated carbocycles. The van der Waals surface area contributed by atoms with Crippen molar-refractivity contribution in [3.05, 3.63) is 71.3 Å². The maximum Gasteiger partial charge on any atom is 0.315 e. The highest BCUT2D eigenvalue weighted by atomic mass is 16.5. The van der Waals surface area contributed by atoms with Gasteiger partial charge < -0.3 is 4.74 Å². The molecule has 2 aromatic rings. The summed E-state index contributed by atoms with van der Waals surface area (Å²) >= 11 is 0. The van der Waals surface area contributed by atoms with Crippen LogP contribution in [0.1, 0.15) is 53.0 Å². The van der Waals surface area contributed by atoms with E-state index in [0.717, 1.165) is 5.56 Å². The number of hydrogen-bond donors (Lipinski definition) is 0. The molecule has 2 amide bonds. The Kier molecular flexibility index (Phi) is 5.40. The molecule has 0 N–H and O–H groups in total. The lowest BCUT2D eigenvalue weighted by molar-refractivity contribution is -0.149. The summed E-state index contributed by atoms with van der Waals surface area (Å²) in [6.45, 7) is 4.26. The number of unbranched alkanes of at least 4 members (excludes halogenated alkanes) is 1. The smallest absolute Gasteiger partial charge is 0.315 e. The Labute approximate surface area is 158 Å². The summed E-state index contributed by atoms with van der Waals surface area (Å²) in [4.78, 5) is 38.2. The summed E-state index contributed by atoms with van der Waals surface area (Å²) in [7, 11) is 0. The maximum absolute atomic E-state index is 12.4. The Morgan fingerprint density at radius 3 is 2.04 bits per heavy atom. The van der Waals surface area contributed by atoms with Crippen LogP contribution in [0.15, 0.2) is 54.6 Å². The van der Waals surface area contributed by atoms with Gasteiger partial charge in [0.1, 0.15) is 0 Å². The minimum Gasteiger partial charge on any atom is -0.465 e. The van der Waals surface area contributed by atoms with E-state index >= 15 is 0 Å². The Bertz CT molecular complexity index is 823. The average Bonchev–Trinajstić information content (AvgIpc) is 2.93. The fourth-order valence-corrected chi connectivity index (χ4v) is 3.13. The van der Waals surface area contributed by atoms with Crippen molar-refractivity contribution < 1.29 is 19.1 Å². The van der Waals surface area contributed by atoms with Gasteiger partial charge in [-0.25, -0.2) is 0 Å². The van der Waals surface area contributed by atoms with Crippen LogP contribution in [0.5, 0.6) is 0 Å². The van der Waals surface area contributed by atoms with E-state index in [1.54, 1.807) is 24.3 Å². The van der Waals surface area contributed by atoms with Gasteiger partial charge in [-0.3, -0.25) is 19.3 Å². The van der Waals surface area contributed by atoms with Crippen LogP contribution >= 0.6 is 0 Å². The summed E-state index contributed by atoms with van der Waals surface area (Å²) in [6.07, 6.45) is 1.18. The number of ether oxygens (including phenoxy) is 1. The molecule has 1 aliphatic rings. The maximum atomic E-state index is 12.4. The molecule has 3 rings (SSSR count). The third-order valence-corrected chi connectivity index (χ3v) is 4.89. The molecule has 0 radical (unpaired) electrons. The van der Waals surface area contributed by atoms with Gasteiger partial charge >= 0.3 is 5.97 Å². The first-order valence-corrected chi connectivity index (χ1v) is 9.11. The fraction of sp³-hybridized carbons (Fsp3) is 0.318. The van der Waals surface area contributed by atoms with Gasteiger partial charge in [-0.15, -0.1) is 0 Å². The Balaban J connectivity index is 1.46. The fourth-order valence-electron chi connectivity index (χ4n) is 3.13. The summed E-state index contributed by atoms with van der Waals surface area (Å²) < 4.78 is 5.41. The van der Waals surface area contributed by atoms with Gasteiger partial charge in [0.25, 0.3) is 11.8 Å². The van der Waals surface area contributed by atoms with E-state index in [1.807, 2.05) is 44.2 Å². The van der Waals surface area contributed by atoms with Crippen LogP contribution in [0, 0.1) is 0 Å². The van der Waals surface area contributed by atoms with Gasteiger partial charge in [0.2, 0.25) is 0 Å².